The smallest absolute Gasteiger partial charge is 0.225 e. The van der Waals surface area contributed by atoms with E-state index in [1.807, 2.05) is 0 Å². The van der Waals surface area contributed by atoms with E-state index in [1.54, 1.807) is 0 Å². The van der Waals surface area contributed by atoms with E-state index in [-0.39, 0.29) is 11.3 Å². The molecule has 0 aromatic carbocycles. The SMILES string of the molecule is NC(=O)C(CI)(CI)CI. The van der Waals surface area contributed by atoms with Crippen LogP contribution < -0.4 is 5.73 Å². The number of primary amides is 1. The fraction of sp³-hybridized carbons (Fsp3) is 0.800. The molecule has 0 atom stereocenters. The number of halogens is 3. The van der Waals surface area contributed by atoms with Crippen molar-refractivity contribution in [1.82, 2.24) is 0 Å². The molecule has 0 unspecified atom stereocenters. The van der Waals surface area contributed by atoms with Crippen molar-refractivity contribution in [1.29, 1.82) is 0 Å². The Labute approximate surface area is 101 Å². The van der Waals surface area contributed by atoms with Gasteiger partial charge in [-0.1, -0.05) is 67.8 Å². The Morgan fingerprint density at radius 2 is 1.50 bits per heavy atom. The molecule has 1 amide bonds. The lowest BCUT2D eigenvalue weighted by atomic mass is 9.96. The lowest BCUT2D eigenvalue weighted by Crippen LogP contribution is -2.41. The zero-order chi connectivity index (χ0) is 8.20. The molecular formula is C5H8I3NO. The lowest BCUT2D eigenvalue weighted by Gasteiger charge is -2.22. The molecule has 0 saturated carbocycles. The molecule has 60 valence electrons. The molecule has 0 saturated heterocycles. The zero-order valence-electron chi connectivity index (χ0n) is 5.24. The van der Waals surface area contributed by atoms with E-state index < -0.39 is 0 Å². The molecule has 0 spiro atoms. The van der Waals surface area contributed by atoms with Crippen molar-refractivity contribution in [2.24, 2.45) is 11.1 Å². The van der Waals surface area contributed by atoms with E-state index >= 15 is 0 Å². The quantitative estimate of drug-likeness (QED) is 0.486. The van der Waals surface area contributed by atoms with Crippen molar-refractivity contribution >= 4 is 73.7 Å². The molecular weight excluding hydrogens is 471 g/mol. The van der Waals surface area contributed by atoms with Gasteiger partial charge in [0.15, 0.2) is 0 Å². The number of hydrogen-bond acceptors (Lipinski definition) is 1. The summed E-state index contributed by atoms with van der Waals surface area (Å²) < 4.78 is 2.43. The van der Waals surface area contributed by atoms with E-state index in [1.165, 1.54) is 0 Å². The molecule has 0 aromatic rings. The second-order valence-electron chi connectivity index (χ2n) is 2.05. The van der Waals surface area contributed by atoms with Crippen LogP contribution in [0.15, 0.2) is 0 Å². The summed E-state index contributed by atoms with van der Waals surface area (Å²) in [6.07, 6.45) is 0. The molecule has 0 radical (unpaired) electrons. The summed E-state index contributed by atoms with van der Waals surface area (Å²) in [5.41, 5.74) is 4.97. The third-order valence-corrected chi connectivity index (χ3v) is 5.67. The Morgan fingerprint density at radius 1 is 1.20 bits per heavy atom. The first kappa shape index (κ1) is 11.7. The number of carbonyl (C=O) groups is 1. The monoisotopic (exact) mass is 479 g/mol. The van der Waals surface area contributed by atoms with Gasteiger partial charge in [-0.05, 0) is 0 Å². The minimum absolute atomic E-state index is 0.175. The Bertz CT molecular complexity index is 116. The van der Waals surface area contributed by atoms with Gasteiger partial charge in [0.1, 0.15) is 0 Å². The molecule has 0 heterocycles. The van der Waals surface area contributed by atoms with Crippen LogP contribution in [0.2, 0.25) is 0 Å². The number of rotatable bonds is 4. The highest BCUT2D eigenvalue weighted by molar-refractivity contribution is 14.1. The van der Waals surface area contributed by atoms with E-state index in [2.05, 4.69) is 67.8 Å². The third-order valence-electron chi connectivity index (χ3n) is 1.29. The molecule has 5 heteroatoms. The van der Waals surface area contributed by atoms with Crippen LogP contribution in [0.5, 0.6) is 0 Å². The highest BCUT2D eigenvalue weighted by Crippen LogP contribution is 2.25. The fourth-order valence-electron chi connectivity index (χ4n) is 0.305. The van der Waals surface area contributed by atoms with Gasteiger partial charge in [-0.3, -0.25) is 4.79 Å². The first-order valence-electron chi connectivity index (χ1n) is 2.61. The molecule has 2 nitrogen and oxygen atoms in total. The Kier molecular flexibility index (Phi) is 6.22. The highest BCUT2D eigenvalue weighted by atomic mass is 127. The van der Waals surface area contributed by atoms with Crippen molar-refractivity contribution in [2.45, 2.75) is 0 Å². The van der Waals surface area contributed by atoms with E-state index in [0.29, 0.717) is 0 Å². The summed E-state index contributed by atoms with van der Waals surface area (Å²) in [6.45, 7) is 0. The molecule has 0 fully saturated rings. The largest absolute Gasteiger partial charge is 0.369 e. The van der Waals surface area contributed by atoms with Crippen LogP contribution in [-0.4, -0.2) is 19.2 Å². The number of hydrogen-bond donors (Lipinski definition) is 1. The van der Waals surface area contributed by atoms with Crippen LogP contribution in [-0.2, 0) is 4.79 Å². The second-order valence-corrected chi connectivity index (χ2v) is 4.33. The topological polar surface area (TPSA) is 43.1 Å². The van der Waals surface area contributed by atoms with Crippen LogP contribution in [0.25, 0.3) is 0 Å². The minimum atomic E-state index is -0.276. The predicted molar refractivity (Wildman–Crippen MR) is 68.3 cm³/mol. The summed E-state index contributed by atoms with van der Waals surface area (Å²) in [5.74, 6) is -0.175. The fourth-order valence-corrected chi connectivity index (χ4v) is 6.15. The highest BCUT2D eigenvalue weighted by Gasteiger charge is 2.32. The number of nitrogens with two attached hydrogens (primary N) is 1. The molecule has 0 aromatic heterocycles. The van der Waals surface area contributed by atoms with Gasteiger partial charge in [0.05, 0.1) is 5.41 Å². The Morgan fingerprint density at radius 3 is 1.50 bits per heavy atom. The van der Waals surface area contributed by atoms with Gasteiger partial charge in [-0.25, -0.2) is 0 Å². The van der Waals surface area contributed by atoms with E-state index in [4.69, 9.17) is 5.73 Å². The van der Waals surface area contributed by atoms with Crippen molar-refractivity contribution in [3.8, 4) is 0 Å². The van der Waals surface area contributed by atoms with E-state index in [0.717, 1.165) is 13.3 Å². The number of alkyl halides is 3. The minimum Gasteiger partial charge on any atom is -0.369 e. The van der Waals surface area contributed by atoms with Crippen LogP contribution in [0, 0.1) is 5.41 Å². The zero-order valence-corrected chi connectivity index (χ0v) is 11.7. The second kappa shape index (κ2) is 5.33. The average Bonchev–Trinajstić information content (AvgIpc) is 1.92. The molecule has 10 heavy (non-hydrogen) atoms. The maximum absolute atomic E-state index is 10.9. The normalized spacial score (nSPS) is 11.5. The maximum Gasteiger partial charge on any atom is 0.225 e. The summed E-state index contributed by atoms with van der Waals surface area (Å²) in [6, 6.07) is 0. The first-order chi connectivity index (χ1) is 4.63. The van der Waals surface area contributed by atoms with Gasteiger partial charge in [0.2, 0.25) is 5.91 Å². The standard InChI is InChI=1S/C5H8I3NO/c6-1-5(2-7,3-8)4(9)10/h1-3H2,(H2,9,10). The Balaban J connectivity index is 4.31. The first-order valence-corrected chi connectivity index (χ1v) is 7.18. The molecule has 0 aliphatic rings. The molecule has 0 rings (SSSR count). The summed E-state index contributed by atoms with van der Waals surface area (Å²) >= 11 is 6.62. The van der Waals surface area contributed by atoms with Crippen LogP contribution in [0.3, 0.4) is 0 Å². The van der Waals surface area contributed by atoms with Crippen LogP contribution in [0.4, 0.5) is 0 Å². The van der Waals surface area contributed by atoms with Gasteiger partial charge in [0, 0.05) is 13.3 Å². The summed E-state index contributed by atoms with van der Waals surface area (Å²) in [4.78, 5) is 10.9. The van der Waals surface area contributed by atoms with Crippen molar-refractivity contribution in [3.63, 3.8) is 0 Å². The lowest BCUT2D eigenvalue weighted by molar-refractivity contribution is -0.124. The average molecular weight is 479 g/mol. The summed E-state index contributed by atoms with van der Waals surface area (Å²) in [5, 5.41) is 0. The van der Waals surface area contributed by atoms with Crippen molar-refractivity contribution in [2.75, 3.05) is 13.3 Å². The molecule has 0 bridgehead atoms. The molecule has 0 aliphatic carbocycles. The van der Waals surface area contributed by atoms with Gasteiger partial charge >= 0.3 is 0 Å². The Hall–Kier alpha value is 1.66. The van der Waals surface area contributed by atoms with Crippen molar-refractivity contribution < 1.29 is 4.79 Å². The van der Waals surface area contributed by atoms with Gasteiger partial charge in [-0.2, -0.15) is 0 Å². The van der Waals surface area contributed by atoms with Gasteiger partial charge < -0.3 is 5.73 Å². The number of amides is 1. The molecule has 2 N–H and O–H groups in total. The maximum atomic E-state index is 10.9. The summed E-state index contributed by atoms with van der Waals surface area (Å²) in [7, 11) is 0. The third kappa shape index (κ3) is 2.61. The molecule has 0 aliphatic heterocycles. The van der Waals surface area contributed by atoms with Crippen molar-refractivity contribution in [3.05, 3.63) is 0 Å². The van der Waals surface area contributed by atoms with E-state index in [9.17, 15) is 4.79 Å². The van der Waals surface area contributed by atoms with Crippen LogP contribution in [0.1, 0.15) is 0 Å². The number of carbonyl (C=O) groups excluding carboxylic acids is 1. The van der Waals surface area contributed by atoms with Crippen LogP contribution >= 0.6 is 67.8 Å². The van der Waals surface area contributed by atoms with Gasteiger partial charge in [-0.15, -0.1) is 0 Å². The van der Waals surface area contributed by atoms with Gasteiger partial charge in [0.25, 0.3) is 0 Å². The predicted octanol–water partition coefficient (Wildman–Crippen LogP) is 1.76.